The largest absolute Gasteiger partial charge is 0.369 e. The summed E-state index contributed by atoms with van der Waals surface area (Å²) in [5.41, 5.74) is 1.86. The van der Waals surface area contributed by atoms with Crippen molar-refractivity contribution in [2.24, 2.45) is 5.92 Å². The lowest BCUT2D eigenvalue weighted by Crippen LogP contribution is -2.50. The highest BCUT2D eigenvalue weighted by molar-refractivity contribution is 5.88. The molecule has 0 radical (unpaired) electrons. The molecule has 0 spiro atoms. The van der Waals surface area contributed by atoms with Gasteiger partial charge in [0.15, 0.2) is 5.82 Å². The molecule has 3 heterocycles. The van der Waals surface area contributed by atoms with Gasteiger partial charge in [-0.05, 0) is 43.2 Å². The van der Waals surface area contributed by atoms with E-state index in [1.807, 2.05) is 0 Å². The molecule has 26 heavy (non-hydrogen) atoms. The standard InChI is InChI=1S/C19H19FN6/c20-14-3-4-17-15(7-14)19(23-11-22-17)21-8-12-9-26(10-12)18-6-5-16(24-25-18)13-1-2-13/h3-7,11-13H,1-2,8-10H2,(H,21,22,23). The van der Waals surface area contributed by atoms with Crippen LogP contribution in [0.1, 0.15) is 24.5 Å². The maximum atomic E-state index is 13.5. The molecular weight excluding hydrogens is 331 g/mol. The van der Waals surface area contributed by atoms with Gasteiger partial charge in [-0.15, -0.1) is 5.10 Å². The Morgan fingerprint density at radius 3 is 2.73 bits per heavy atom. The van der Waals surface area contributed by atoms with Crippen molar-refractivity contribution in [3.8, 4) is 0 Å². The van der Waals surface area contributed by atoms with Gasteiger partial charge in [0.25, 0.3) is 0 Å². The molecule has 0 atom stereocenters. The van der Waals surface area contributed by atoms with E-state index in [1.54, 1.807) is 6.07 Å². The fraction of sp³-hybridized carbons (Fsp3) is 0.368. The average molecular weight is 350 g/mol. The first-order valence-corrected chi connectivity index (χ1v) is 8.99. The van der Waals surface area contributed by atoms with Gasteiger partial charge >= 0.3 is 0 Å². The molecule has 5 rings (SSSR count). The first-order valence-electron chi connectivity index (χ1n) is 8.99. The van der Waals surface area contributed by atoms with E-state index in [4.69, 9.17) is 0 Å². The van der Waals surface area contributed by atoms with Gasteiger partial charge in [-0.3, -0.25) is 0 Å². The van der Waals surface area contributed by atoms with E-state index in [0.29, 0.717) is 23.0 Å². The molecule has 0 amide bonds. The van der Waals surface area contributed by atoms with E-state index in [1.165, 1.54) is 31.3 Å². The zero-order valence-electron chi connectivity index (χ0n) is 14.3. The number of anilines is 2. The average Bonchev–Trinajstić information content (AvgIpc) is 3.46. The van der Waals surface area contributed by atoms with E-state index in [9.17, 15) is 4.39 Å². The highest BCUT2D eigenvalue weighted by Gasteiger charge is 2.29. The summed E-state index contributed by atoms with van der Waals surface area (Å²) < 4.78 is 13.5. The predicted octanol–water partition coefficient (Wildman–Crippen LogP) is 2.98. The van der Waals surface area contributed by atoms with Gasteiger partial charge in [0.1, 0.15) is 18.0 Å². The van der Waals surface area contributed by atoms with E-state index in [-0.39, 0.29) is 5.82 Å². The molecule has 2 aliphatic rings. The zero-order valence-corrected chi connectivity index (χ0v) is 14.3. The van der Waals surface area contributed by atoms with Crippen molar-refractivity contribution < 1.29 is 4.39 Å². The van der Waals surface area contributed by atoms with Crippen LogP contribution < -0.4 is 10.2 Å². The number of rotatable bonds is 5. The van der Waals surface area contributed by atoms with Crippen LogP contribution in [0.5, 0.6) is 0 Å². The summed E-state index contributed by atoms with van der Waals surface area (Å²) in [6.07, 6.45) is 3.99. The minimum absolute atomic E-state index is 0.279. The Hall–Kier alpha value is -2.83. The van der Waals surface area contributed by atoms with E-state index >= 15 is 0 Å². The Morgan fingerprint density at radius 2 is 1.96 bits per heavy atom. The molecule has 7 heteroatoms. The summed E-state index contributed by atoms with van der Waals surface area (Å²) in [5.74, 6) is 2.48. The molecule has 1 aromatic carbocycles. The molecule has 1 saturated carbocycles. The summed E-state index contributed by atoms with van der Waals surface area (Å²) in [6, 6.07) is 8.74. The van der Waals surface area contributed by atoms with Gasteiger partial charge in [-0.1, -0.05) is 0 Å². The van der Waals surface area contributed by atoms with Gasteiger partial charge in [-0.25, -0.2) is 14.4 Å². The zero-order chi connectivity index (χ0) is 17.5. The number of nitrogens with one attached hydrogen (secondary N) is 1. The topological polar surface area (TPSA) is 66.8 Å². The normalized spacial score (nSPS) is 17.3. The lowest BCUT2D eigenvalue weighted by atomic mass is 10.00. The van der Waals surface area contributed by atoms with Crippen LogP contribution in [0.2, 0.25) is 0 Å². The molecule has 2 aromatic heterocycles. The van der Waals surface area contributed by atoms with Gasteiger partial charge < -0.3 is 10.2 Å². The summed E-state index contributed by atoms with van der Waals surface area (Å²) in [7, 11) is 0. The number of aromatic nitrogens is 4. The second-order valence-corrected chi connectivity index (χ2v) is 7.13. The van der Waals surface area contributed by atoms with Crippen molar-refractivity contribution >= 4 is 22.5 Å². The fourth-order valence-electron chi connectivity index (χ4n) is 3.40. The molecule has 2 fully saturated rings. The van der Waals surface area contributed by atoms with Crippen LogP contribution >= 0.6 is 0 Å². The van der Waals surface area contributed by atoms with E-state index < -0.39 is 0 Å². The van der Waals surface area contributed by atoms with Crippen LogP contribution in [0, 0.1) is 11.7 Å². The summed E-state index contributed by atoms with van der Waals surface area (Å²) in [4.78, 5) is 10.7. The Bertz CT molecular complexity index is 934. The highest BCUT2D eigenvalue weighted by Crippen LogP contribution is 2.39. The maximum Gasteiger partial charge on any atom is 0.151 e. The van der Waals surface area contributed by atoms with E-state index in [0.717, 1.165) is 36.7 Å². The minimum Gasteiger partial charge on any atom is -0.369 e. The molecular formula is C19H19FN6. The summed E-state index contributed by atoms with van der Waals surface area (Å²) >= 11 is 0. The van der Waals surface area contributed by atoms with Gasteiger partial charge in [0.2, 0.25) is 0 Å². The van der Waals surface area contributed by atoms with Crippen molar-refractivity contribution in [2.45, 2.75) is 18.8 Å². The van der Waals surface area contributed by atoms with E-state index in [2.05, 4.69) is 42.5 Å². The number of benzene rings is 1. The fourth-order valence-corrected chi connectivity index (χ4v) is 3.40. The number of hydrogen-bond acceptors (Lipinski definition) is 6. The van der Waals surface area contributed by atoms with Gasteiger partial charge in [0.05, 0.1) is 11.2 Å². The van der Waals surface area contributed by atoms with Gasteiger partial charge in [-0.2, -0.15) is 5.10 Å². The van der Waals surface area contributed by atoms with Crippen molar-refractivity contribution in [2.75, 3.05) is 29.9 Å². The first kappa shape index (κ1) is 15.4. The number of hydrogen-bond donors (Lipinski definition) is 1. The van der Waals surface area contributed by atoms with Gasteiger partial charge in [0, 0.05) is 36.9 Å². The predicted molar refractivity (Wildman–Crippen MR) is 97.7 cm³/mol. The van der Waals surface area contributed by atoms with Crippen LogP contribution in [0.25, 0.3) is 10.9 Å². The van der Waals surface area contributed by atoms with Crippen molar-refractivity contribution in [3.05, 3.63) is 48.2 Å². The van der Waals surface area contributed by atoms with Crippen LogP contribution in [-0.4, -0.2) is 39.8 Å². The third-order valence-corrected chi connectivity index (χ3v) is 5.10. The molecule has 0 unspecified atom stereocenters. The second kappa shape index (κ2) is 6.16. The third-order valence-electron chi connectivity index (χ3n) is 5.10. The molecule has 1 N–H and O–H groups in total. The Balaban J connectivity index is 1.20. The van der Waals surface area contributed by atoms with Crippen molar-refractivity contribution in [3.63, 3.8) is 0 Å². The lowest BCUT2D eigenvalue weighted by molar-refractivity contribution is 0.425. The molecule has 1 aliphatic carbocycles. The van der Waals surface area contributed by atoms with Crippen LogP contribution in [-0.2, 0) is 0 Å². The summed E-state index contributed by atoms with van der Waals surface area (Å²) in [5, 5.41) is 12.8. The van der Waals surface area contributed by atoms with Crippen molar-refractivity contribution in [1.29, 1.82) is 0 Å². The van der Waals surface area contributed by atoms with Crippen molar-refractivity contribution in [1.82, 2.24) is 20.2 Å². The molecule has 0 bridgehead atoms. The number of fused-ring (bicyclic) bond motifs is 1. The molecule has 3 aromatic rings. The Labute approximate surface area is 150 Å². The minimum atomic E-state index is -0.279. The monoisotopic (exact) mass is 350 g/mol. The maximum absolute atomic E-state index is 13.5. The summed E-state index contributed by atoms with van der Waals surface area (Å²) in [6.45, 7) is 2.65. The first-order chi connectivity index (χ1) is 12.8. The number of nitrogens with zero attached hydrogens (tertiary/aromatic N) is 5. The van der Waals surface area contributed by atoms with Crippen LogP contribution in [0.3, 0.4) is 0 Å². The quantitative estimate of drug-likeness (QED) is 0.763. The smallest absolute Gasteiger partial charge is 0.151 e. The SMILES string of the molecule is Fc1ccc2ncnc(NCC3CN(c4ccc(C5CC5)nn4)C3)c2c1. The molecule has 6 nitrogen and oxygen atoms in total. The molecule has 1 saturated heterocycles. The Morgan fingerprint density at radius 1 is 1.08 bits per heavy atom. The second-order valence-electron chi connectivity index (χ2n) is 7.13. The molecule has 1 aliphatic heterocycles. The highest BCUT2D eigenvalue weighted by atomic mass is 19.1. The number of halogens is 1. The molecule has 132 valence electrons. The third kappa shape index (κ3) is 2.94. The van der Waals surface area contributed by atoms with Crippen LogP contribution in [0.4, 0.5) is 16.0 Å². The lowest BCUT2D eigenvalue weighted by Gasteiger charge is -2.40. The Kier molecular flexibility index (Phi) is 3.65. The van der Waals surface area contributed by atoms with Crippen LogP contribution in [0.15, 0.2) is 36.7 Å².